The fraction of sp³-hybridized carbons (Fsp3) is 0.333. The van der Waals surface area contributed by atoms with Crippen molar-refractivity contribution in [2.24, 2.45) is 0 Å². The molecule has 0 atom stereocenters. The van der Waals surface area contributed by atoms with Crippen LogP contribution in [0.5, 0.6) is 11.5 Å². The molecule has 3 heteroatoms. The van der Waals surface area contributed by atoms with Gasteiger partial charge in [0.25, 0.3) is 0 Å². The molecule has 0 heterocycles. The van der Waals surface area contributed by atoms with Gasteiger partial charge in [0.1, 0.15) is 0 Å². The first-order valence-corrected chi connectivity index (χ1v) is 3.67. The van der Waals surface area contributed by atoms with Gasteiger partial charge in [-0.2, -0.15) is 0 Å². The van der Waals surface area contributed by atoms with Gasteiger partial charge in [-0.15, -0.1) is 0 Å². The van der Waals surface area contributed by atoms with Crippen molar-refractivity contribution in [1.29, 1.82) is 0 Å². The van der Waals surface area contributed by atoms with Crippen molar-refractivity contribution in [3.8, 4) is 11.5 Å². The first-order chi connectivity index (χ1) is 5.70. The van der Waals surface area contributed by atoms with Crippen LogP contribution in [0.3, 0.4) is 0 Å². The van der Waals surface area contributed by atoms with Gasteiger partial charge in [-0.05, 0) is 18.6 Å². The summed E-state index contributed by atoms with van der Waals surface area (Å²) in [4.78, 5) is 0. The number of aryl methyl sites for hydroxylation is 1. The van der Waals surface area contributed by atoms with Crippen molar-refractivity contribution in [2.75, 3.05) is 7.11 Å². The molecular weight excluding hydrogens is 156 g/mol. The molecule has 0 saturated carbocycles. The summed E-state index contributed by atoms with van der Waals surface area (Å²) >= 11 is 0. The summed E-state index contributed by atoms with van der Waals surface area (Å²) in [6.45, 7) is 1.65. The third-order valence-corrected chi connectivity index (χ3v) is 1.86. The molecule has 2 N–H and O–H groups in total. The summed E-state index contributed by atoms with van der Waals surface area (Å²) in [6.07, 6.45) is 0. The molecule has 0 aliphatic carbocycles. The van der Waals surface area contributed by atoms with E-state index < -0.39 is 0 Å². The third-order valence-electron chi connectivity index (χ3n) is 1.86. The maximum atomic E-state index is 9.48. The van der Waals surface area contributed by atoms with Crippen LogP contribution in [0.2, 0.25) is 0 Å². The lowest BCUT2D eigenvalue weighted by Gasteiger charge is -2.09. The van der Waals surface area contributed by atoms with Gasteiger partial charge >= 0.3 is 0 Å². The Balaban J connectivity index is 3.24. The molecular formula is C9H12O3. The first-order valence-electron chi connectivity index (χ1n) is 3.67. The van der Waals surface area contributed by atoms with E-state index in [0.29, 0.717) is 11.3 Å². The highest BCUT2D eigenvalue weighted by molar-refractivity contribution is 5.48. The monoisotopic (exact) mass is 168 g/mol. The quantitative estimate of drug-likeness (QED) is 0.697. The van der Waals surface area contributed by atoms with Crippen LogP contribution in [-0.2, 0) is 6.61 Å². The second-order valence-corrected chi connectivity index (χ2v) is 2.57. The Morgan fingerprint density at radius 2 is 2.08 bits per heavy atom. The molecule has 0 radical (unpaired) electrons. The van der Waals surface area contributed by atoms with E-state index in [2.05, 4.69) is 0 Å². The van der Waals surface area contributed by atoms with Crippen LogP contribution in [0.4, 0.5) is 0 Å². The van der Waals surface area contributed by atoms with Gasteiger partial charge in [-0.3, -0.25) is 0 Å². The minimum absolute atomic E-state index is 0.0278. The minimum Gasteiger partial charge on any atom is -0.504 e. The Morgan fingerprint density at radius 1 is 1.42 bits per heavy atom. The second kappa shape index (κ2) is 3.45. The summed E-state index contributed by atoms with van der Waals surface area (Å²) in [6, 6.07) is 3.47. The van der Waals surface area contributed by atoms with Crippen molar-refractivity contribution in [3.05, 3.63) is 23.3 Å². The molecule has 1 aromatic rings. The lowest BCUT2D eigenvalue weighted by Crippen LogP contribution is -1.92. The number of hydrogen-bond acceptors (Lipinski definition) is 3. The van der Waals surface area contributed by atoms with E-state index in [1.165, 1.54) is 7.11 Å². The number of benzene rings is 1. The summed E-state index contributed by atoms with van der Waals surface area (Å²) in [5, 5.41) is 18.4. The van der Waals surface area contributed by atoms with Gasteiger partial charge in [-0.25, -0.2) is 0 Å². The van der Waals surface area contributed by atoms with Gasteiger partial charge in [0.2, 0.25) is 0 Å². The fourth-order valence-electron chi connectivity index (χ4n) is 1.08. The average Bonchev–Trinajstić information content (AvgIpc) is 2.06. The molecule has 0 bridgehead atoms. The molecule has 0 aliphatic heterocycles. The minimum atomic E-state index is -0.172. The molecule has 1 rings (SSSR count). The Morgan fingerprint density at radius 3 is 2.58 bits per heavy atom. The van der Waals surface area contributed by atoms with E-state index in [1.54, 1.807) is 12.1 Å². The van der Waals surface area contributed by atoms with Crippen LogP contribution in [0.25, 0.3) is 0 Å². The molecule has 0 spiro atoms. The number of aromatic hydroxyl groups is 1. The maximum Gasteiger partial charge on any atom is 0.163 e. The molecule has 3 nitrogen and oxygen atoms in total. The highest BCUT2D eigenvalue weighted by Crippen LogP contribution is 2.31. The average molecular weight is 168 g/mol. The normalized spacial score (nSPS) is 9.92. The molecule has 12 heavy (non-hydrogen) atoms. The van der Waals surface area contributed by atoms with Crippen LogP contribution in [0, 0.1) is 6.92 Å². The third kappa shape index (κ3) is 1.36. The van der Waals surface area contributed by atoms with Crippen LogP contribution < -0.4 is 4.74 Å². The van der Waals surface area contributed by atoms with Gasteiger partial charge in [-0.1, -0.05) is 6.07 Å². The van der Waals surface area contributed by atoms with E-state index in [1.807, 2.05) is 6.92 Å². The fourth-order valence-corrected chi connectivity index (χ4v) is 1.08. The zero-order valence-electron chi connectivity index (χ0n) is 7.16. The molecule has 0 unspecified atom stereocenters. The highest BCUT2D eigenvalue weighted by atomic mass is 16.5. The van der Waals surface area contributed by atoms with Crippen molar-refractivity contribution in [3.63, 3.8) is 0 Å². The Labute approximate surface area is 71.2 Å². The second-order valence-electron chi connectivity index (χ2n) is 2.57. The molecule has 0 aromatic heterocycles. The molecule has 0 saturated heterocycles. The van der Waals surface area contributed by atoms with Gasteiger partial charge < -0.3 is 14.9 Å². The number of aliphatic hydroxyl groups is 1. The molecule has 0 fully saturated rings. The van der Waals surface area contributed by atoms with Gasteiger partial charge in [0, 0.05) is 5.56 Å². The number of hydrogen-bond donors (Lipinski definition) is 2. The topological polar surface area (TPSA) is 49.7 Å². The van der Waals surface area contributed by atoms with Gasteiger partial charge in [0.05, 0.1) is 13.7 Å². The van der Waals surface area contributed by atoms with E-state index >= 15 is 0 Å². The van der Waals surface area contributed by atoms with Crippen LogP contribution in [0.15, 0.2) is 12.1 Å². The largest absolute Gasteiger partial charge is 0.504 e. The Bertz CT molecular complexity index is 281. The summed E-state index contributed by atoms with van der Waals surface area (Å²) in [5.74, 6) is 0.421. The molecule has 0 amide bonds. The van der Waals surface area contributed by atoms with Gasteiger partial charge in [0.15, 0.2) is 11.5 Å². The predicted molar refractivity (Wildman–Crippen MR) is 45.3 cm³/mol. The smallest absolute Gasteiger partial charge is 0.163 e. The number of ether oxygens (including phenoxy) is 1. The Kier molecular flexibility index (Phi) is 2.55. The maximum absolute atomic E-state index is 9.48. The predicted octanol–water partition coefficient (Wildman–Crippen LogP) is 1.20. The number of phenols is 1. The van der Waals surface area contributed by atoms with Crippen molar-refractivity contribution < 1.29 is 14.9 Å². The van der Waals surface area contributed by atoms with Crippen LogP contribution in [0.1, 0.15) is 11.1 Å². The first kappa shape index (κ1) is 8.87. The standard InChI is InChI=1S/C9H12O3/c1-6-3-4-8(12-2)9(11)7(6)5-10/h3-4,10-11H,5H2,1-2H3. The summed E-state index contributed by atoms with van der Waals surface area (Å²) < 4.78 is 4.88. The zero-order chi connectivity index (χ0) is 9.14. The van der Waals surface area contributed by atoms with E-state index in [9.17, 15) is 5.11 Å². The van der Waals surface area contributed by atoms with E-state index in [0.717, 1.165) is 5.56 Å². The molecule has 0 aliphatic rings. The Hall–Kier alpha value is -1.22. The number of methoxy groups -OCH3 is 1. The lowest BCUT2D eigenvalue weighted by atomic mass is 10.1. The molecule has 66 valence electrons. The summed E-state index contributed by atoms with van der Waals surface area (Å²) in [5.41, 5.74) is 1.38. The van der Waals surface area contributed by atoms with Crippen molar-refractivity contribution >= 4 is 0 Å². The lowest BCUT2D eigenvalue weighted by molar-refractivity contribution is 0.271. The molecule has 1 aromatic carbocycles. The van der Waals surface area contributed by atoms with Crippen molar-refractivity contribution in [2.45, 2.75) is 13.5 Å². The highest BCUT2D eigenvalue weighted by Gasteiger charge is 2.08. The van der Waals surface area contributed by atoms with Crippen molar-refractivity contribution in [1.82, 2.24) is 0 Å². The van der Waals surface area contributed by atoms with E-state index in [4.69, 9.17) is 9.84 Å². The summed E-state index contributed by atoms with van der Waals surface area (Å²) in [7, 11) is 1.48. The van der Waals surface area contributed by atoms with E-state index in [-0.39, 0.29) is 12.4 Å². The number of aliphatic hydroxyl groups excluding tert-OH is 1. The SMILES string of the molecule is COc1ccc(C)c(CO)c1O. The van der Waals surface area contributed by atoms with Crippen LogP contribution in [-0.4, -0.2) is 17.3 Å². The van der Waals surface area contributed by atoms with Crippen LogP contribution >= 0.6 is 0 Å². The number of rotatable bonds is 2. The zero-order valence-corrected chi connectivity index (χ0v) is 7.16.